The van der Waals surface area contributed by atoms with E-state index < -0.39 is 5.91 Å². The molecule has 1 amide bonds. The zero-order valence-electron chi connectivity index (χ0n) is 12.7. The maximum atomic E-state index is 11.6. The van der Waals surface area contributed by atoms with E-state index in [1.165, 1.54) is 32.1 Å². The van der Waals surface area contributed by atoms with Crippen LogP contribution in [0.1, 0.15) is 48.4 Å². The molecule has 0 spiro atoms. The van der Waals surface area contributed by atoms with E-state index in [2.05, 4.69) is 9.97 Å². The summed E-state index contributed by atoms with van der Waals surface area (Å²) in [7, 11) is 0. The van der Waals surface area contributed by atoms with Crippen molar-refractivity contribution in [1.82, 2.24) is 9.97 Å². The third-order valence-electron chi connectivity index (χ3n) is 4.29. The Morgan fingerprint density at radius 2 is 1.82 bits per heavy atom. The molecule has 4 heteroatoms. The van der Waals surface area contributed by atoms with Gasteiger partial charge in [-0.1, -0.05) is 62.4 Å². The van der Waals surface area contributed by atoms with Gasteiger partial charge in [0, 0.05) is 12.0 Å². The van der Waals surface area contributed by atoms with Gasteiger partial charge in [-0.2, -0.15) is 0 Å². The van der Waals surface area contributed by atoms with Gasteiger partial charge in [-0.25, -0.2) is 9.97 Å². The zero-order chi connectivity index (χ0) is 15.4. The number of hydrogen-bond acceptors (Lipinski definition) is 3. The van der Waals surface area contributed by atoms with Crippen molar-refractivity contribution in [3.8, 4) is 11.3 Å². The molecule has 1 fully saturated rings. The summed E-state index contributed by atoms with van der Waals surface area (Å²) in [5.74, 6) is 0.868. The van der Waals surface area contributed by atoms with Crippen LogP contribution in [0.25, 0.3) is 11.3 Å². The molecule has 4 nitrogen and oxygen atoms in total. The van der Waals surface area contributed by atoms with E-state index in [0.717, 1.165) is 23.5 Å². The SMILES string of the molecule is NC(=O)c1cc(-c2ccccc2)nc(CC2CCCCC2)n1. The van der Waals surface area contributed by atoms with Crippen molar-refractivity contribution in [2.75, 3.05) is 0 Å². The molecule has 1 heterocycles. The average molecular weight is 295 g/mol. The Hall–Kier alpha value is -2.23. The molecule has 0 radical (unpaired) electrons. The first-order valence-corrected chi connectivity index (χ1v) is 7.95. The van der Waals surface area contributed by atoms with Crippen LogP contribution in [0.4, 0.5) is 0 Å². The molecule has 1 aliphatic carbocycles. The fourth-order valence-corrected chi connectivity index (χ4v) is 3.12. The largest absolute Gasteiger partial charge is 0.364 e. The fourth-order valence-electron chi connectivity index (χ4n) is 3.12. The van der Waals surface area contributed by atoms with Crippen molar-refractivity contribution in [1.29, 1.82) is 0 Å². The number of nitrogens with zero attached hydrogens (tertiary/aromatic N) is 2. The Kier molecular flexibility index (Phi) is 4.47. The Morgan fingerprint density at radius 1 is 1.09 bits per heavy atom. The van der Waals surface area contributed by atoms with Crippen molar-refractivity contribution in [2.45, 2.75) is 38.5 Å². The number of benzene rings is 1. The topological polar surface area (TPSA) is 68.9 Å². The number of carbonyl (C=O) groups excluding carboxylic acids is 1. The summed E-state index contributed by atoms with van der Waals surface area (Å²) >= 11 is 0. The minimum absolute atomic E-state index is 0.305. The first-order chi connectivity index (χ1) is 10.7. The lowest BCUT2D eigenvalue weighted by molar-refractivity contribution is 0.0995. The van der Waals surface area contributed by atoms with E-state index in [0.29, 0.717) is 11.6 Å². The van der Waals surface area contributed by atoms with Crippen molar-refractivity contribution < 1.29 is 4.79 Å². The first kappa shape index (κ1) is 14.7. The molecule has 3 rings (SSSR count). The summed E-state index contributed by atoms with van der Waals surface area (Å²) in [6, 6.07) is 11.5. The molecule has 2 N–H and O–H groups in total. The van der Waals surface area contributed by atoms with Crippen LogP contribution < -0.4 is 5.73 Å². The summed E-state index contributed by atoms with van der Waals surface area (Å²) in [5, 5.41) is 0. The second kappa shape index (κ2) is 6.69. The molecule has 1 aromatic heterocycles. The van der Waals surface area contributed by atoms with Crippen LogP contribution in [0.2, 0.25) is 0 Å². The zero-order valence-corrected chi connectivity index (χ0v) is 12.7. The number of carbonyl (C=O) groups is 1. The lowest BCUT2D eigenvalue weighted by Gasteiger charge is -2.21. The standard InChI is InChI=1S/C18H21N3O/c19-18(22)16-12-15(14-9-5-2-6-10-14)20-17(21-16)11-13-7-3-1-4-8-13/h2,5-6,9-10,12-13H,1,3-4,7-8,11H2,(H2,19,22). The number of nitrogens with two attached hydrogens (primary N) is 1. The van der Waals surface area contributed by atoms with Crippen LogP contribution in [0, 0.1) is 5.92 Å². The van der Waals surface area contributed by atoms with Crippen LogP contribution in [0.5, 0.6) is 0 Å². The van der Waals surface area contributed by atoms with E-state index in [4.69, 9.17) is 5.73 Å². The van der Waals surface area contributed by atoms with E-state index >= 15 is 0 Å². The predicted octanol–water partition coefficient (Wildman–Crippen LogP) is 3.37. The van der Waals surface area contributed by atoms with Gasteiger partial charge in [0.15, 0.2) is 0 Å². The molecule has 22 heavy (non-hydrogen) atoms. The van der Waals surface area contributed by atoms with Crippen molar-refractivity contribution in [2.24, 2.45) is 11.7 Å². The smallest absolute Gasteiger partial charge is 0.267 e. The molecule has 0 bridgehead atoms. The maximum Gasteiger partial charge on any atom is 0.267 e. The van der Waals surface area contributed by atoms with Gasteiger partial charge in [-0.15, -0.1) is 0 Å². The minimum atomic E-state index is -0.496. The van der Waals surface area contributed by atoms with Crippen LogP contribution in [-0.2, 0) is 6.42 Å². The lowest BCUT2D eigenvalue weighted by atomic mass is 9.87. The Balaban J connectivity index is 1.91. The van der Waals surface area contributed by atoms with Gasteiger partial charge in [0.25, 0.3) is 5.91 Å². The minimum Gasteiger partial charge on any atom is -0.364 e. The summed E-state index contributed by atoms with van der Waals surface area (Å²) in [5.41, 5.74) is 7.50. The third-order valence-corrected chi connectivity index (χ3v) is 4.29. The van der Waals surface area contributed by atoms with E-state index in [9.17, 15) is 4.79 Å². The molecule has 1 saturated carbocycles. The van der Waals surface area contributed by atoms with Crippen molar-refractivity contribution >= 4 is 5.91 Å². The predicted molar refractivity (Wildman–Crippen MR) is 86.3 cm³/mol. The highest BCUT2D eigenvalue weighted by Gasteiger charge is 2.17. The quantitative estimate of drug-likeness (QED) is 0.940. The summed E-state index contributed by atoms with van der Waals surface area (Å²) < 4.78 is 0. The highest BCUT2D eigenvalue weighted by Crippen LogP contribution is 2.27. The third kappa shape index (κ3) is 3.50. The monoisotopic (exact) mass is 295 g/mol. The van der Waals surface area contributed by atoms with E-state index in [1.807, 2.05) is 30.3 Å². The molecule has 1 aliphatic rings. The molecule has 1 aromatic carbocycles. The second-order valence-electron chi connectivity index (χ2n) is 5.99. The Labute approximate surface area is 130 Å². The molecule has 0 unspecified atom stereocenters. The normalized spacial score (nSPS) is 15.6. The molecule has 0 atom stereocenters. The van der Waals surface area contributed by atoms with Crippen LogP contribution >= 0.6 is 0 Å². The first-order valence-electron chi connectivity index (χ1n) is 7.95. The number of primary amides is 1. The van der Waals surface area contributed by atoms with Gasteiger partial charge in [0.1, 0.15) is 11.5 Å². The number of rotatable bonds is 4. The van der Waals surface area contributed by atoms with Gasteiger partial charge in [0.05, 0.1) is 5.69 Å². The Bertz CT molecular complexity index is 649. The molecule has 114 valence electrons. The maximum absolute atomic E-state index is 11.6. The van der Waals surface area contributed by atoms with Crippen LogP contribution in [0.3, 0.4) is 0 Å². The summed E-state index contributed by atoms with van der Waals surface area (Å²) in [6.45, 7) is 0. The van der Waals surface area contributed by atoms with Gasteiger partial charge in [0.2, 0.25) is 0 Å². The van der Waals surface area contributed by atoms with Gasteiger partial charge in [-0.3, -0.25) is 4.79 Å². The Morgan fingerprint density at radius 3 is 2.50 bits per heavy atom. The highest BCUT2D eigenvalue weighted by atomic mass is 16.1. The summed E-state index contributed by atoms with van der Waals surface area (Å²) in [6.07, 6.45) is 7.18. The van der Waals surface area contributed by atoms with Crippen molar-refractivity contribution in [3.63, 3.8) is 0 Å². The van der Waals surface area contributed by atoms with Crippen LogP contribution in [-0.4, -0.2) is 15.9 Å². The molecule has 0 aliphatic heterocycles. The van der Waals surface area contributed by atoms with Crippen LogP contribution in [0.15, 0.2) is 36.4 Å². The highest BCUT2D eigenvalue weighted by molar-refractivity contribution is 5.91. The van der Waals surface area contributed by atoms with Gasteiger partial charge >= 0.3 is 0 Å². The lowest BCUT2D eigenvalue weighted by Crippen LogP contribution is -2.17. The number of aromatic nitrogens is 2. The second-order valence-corrected chi connectivity index (χ2v) is 5.99. The molecule has 0 saturated heterocycles. The van der Waals surface area contributed by atoms with Crippen molar-refractivity contribution in [3.05, 3.63) is 47.9 Å². The average Bonchev–Trinajstić information content (AvgIpc) is 2.56. The van der Waals surface area contributed by atoms with E-state index in [1.54, 1.807) is 6.07 Å². The van der Waals surface area contributed by atoms with Gasteiger partial charge in [-0.05, 0) is 12.0 Å². The molecular weight excluding hydrogens is 274 g/mol. The number of amides is 1. The van der Waals surface area contributed by atoms with Gasteiger partial charge < -0.3 is 5.73 Å². The summed E-state index contributed by atoms with van der Waals surface area (Å²) in [4.78, 5) is 20.6. The molecule has 2 aromatic rings. The molecular formula is C18H21N3O. The fraction of sp³-hybridized carbons (Fsp3) is 0.389. The van der Waals surface area contributed by atoms with E-state index in [-0.39, 0.29) is 0 Å². The number of hydrogen-bond donors (Lipinski definition) is 1.